The van der Waals surface area contributed by atoms with Crippen molar-refractivity contribution in [2.75, 3.05) is 11.4 Å². The van der Waals surface area contributed by atoms with Crippen molar-refractivity contribution in [1.29, 1.82) is 5.26 Å². The van der Waals surface area contributed by atoms with Gasteiger partial charge in [0.25, 0.3) is 0 Å². The fourth-order valence-corrected chi connectivity index (χ4v) is 2.59. The Morgan fingerprint density at radius 2 is 2.22 bits per heavy atom. The summed E-state index contributed by atoms with van der Waals surface area (Å²) in [6.07, 6.45) is 3.54. The molecule has 1 atom stereocenters. The second-order valence-electron chi connectivity index (χ2n) is 4.94. The molecule has 0 bridgehead atoms. The van der Waals surface area contributed by atoms with Crippen molar-refractivity contribution in [1.82, 2.24) is 0 Å². The molecular weight excluding hydrogens is 224 g/mol. The second kappa shape index (κ2) is 5.22. The van der Waals surface area contributed by atoms with E-state index in [1.807, 2.05) is 6.07 Å². The maximum absolute atomic E-state index is 11.7. The van der Waals surface area contributed by atoms with Gasteiger partial charge < -0.3 is 4.90 Å². The minimum Gasteiger partial charge on any atom is -0.368 e. The first-order valence-corrected chi connectivity index (χ1v) is 6.45. The van der Waals surface area contributed by atoms with Crippen LogP contribution in [0.5, 0.6) is 0 Å². The topological polar surface area (TPSA) is 44.1 Å². The van der Waals surface area contributed by atoms with Crippen molar-refractivity contribution in [3.8, 4) is 6.07 Å². The van der Waals surface area contributed by atoms with E-state index in [1.165, 1.54) is 6.42 Å². The lowest BCUT2D eigenvalue weighted by atomic mass is 9.99. The predicted molar refractivity (Wildman–Crippen MR) is 71.8 cm³/mol. The number of Topliss-reactive ketones (excluding diaryl/α,β-unsaturated/α-hetero) is 1. The summed E-state index contributed by atoms with van der Waals surface area (Å²) >= 11 is 0. The Bertz CT molecular complexity index is 502. The van der Waals surface area contributed by atoms with Gasteiger partial charge in [-0.2, -0.15) is 5.26 Å². The summed E-state index contributed by atoms with van der Waals surface area (Å²) in [5.74, 6) is 0.0623. The molecular formula is C15H18N2O. The van der Waals surface area contributed by atoms with Crippen LogP contribution in [-0.4, -0.2) is 18.4 Å². The van der Waals surface area contributed by atoms with Gasteiger partial charge in [0, 0.05) is 23.8 Å². The fraction of sp³-hybridized carbons (Fsp3) is 0.467. The van der Waals surface area contributed by atoms with E-state index in [9.17, 15) is 4.79 Å². The van der Waals surface area contributed by atoms with Crippen LogP contribution < -0.4 is 4.90 Å². The monoisotopic (exact) mass is 242 g/mol. The molecule has 3 heteroatoms. The van der Waals surface area contributed by atoms with Crippen LogP contribution in [-0.2, 0) is 0 Å². The highest BCUT2D eigenvalue weighted by Gasteiger charge is 2.22. The number of hydrogen-bond donors (Lipinski definition) is 0. The standard InChI is InChI=1S/C15H18N2O/c1-11-5-3-4-8-17(11)15-9-13(10-16)6-7-14(15)12(2)18/h6-7,9,11H,3-5,8H2,1-2H3. The number of rotatable bonds is 2. The summed E-state index contributed by atoms with van der Waals surface area (Å²) in [6.45, 7) is 4.73. The molecule has 0 amide bonds. The highest BCUT2D eigenvalue weighted by atomic mass is 16.1. The summed E-state index contributed by atoms with van der Waals surface area (Å²) in [4.78, 5) is 14.0. The lowest BCUT2D eigenvalue weighted by Crippen LogP contribution is -2.38. The third kappa shape index (κ3) is 2.38. The van der Waals surface area contributed by atoms with E-state index >= 15 is 0 Å². The quantitative estimate of drug-likeness (QED) is 0.748. The van der Waals surface area contributed by atoms with Crippen LogP contribution in [0.15, 0.2) is 18.2 Å². The lowest BCUT2D eigenvalue weighted by molar-refractivity contribution is 0.101. The highest BCUT2D eigenvalue weighted by Crippen LogP contribution is 2.29. The summed E-state index contributed by atoms with van der Waals surface area (Å²) < 4.78 is 0. The van der Waals surface area contributed by atoms with Crippen LogP contribution in [0.1, 0.15) is 49.0 Å². The summed E-state index contributed by atoms with van der Waals surface area (Å²) in [6, 6.07) is 7.92. The van der Waals surface area contributed by atoms with Gasteiger partial charge in [-0.15, -0.1) is 0 Å². The normalized spacial score (nSPS) is 19.4. The predicted octanol–water partition coefficient (Wildman–Crippen LogP) is 3.14. The molecule has 0 aromatic heterocycles. The number of nitriles is 1. The SMILES string of the molecule is CC(=O)c1ccc(C#N)cc1N1CCCCC1C. The van der Waals surface area contributed by atoms with Gasteiger partial charge >= 0.3 is 0 Å². The van der Waals surface area contributed by atoms with Gasteiger partial charge in [-0.25, -0.2) is 0 Å². The molecule has 3 nitrogen and oxygen atoms in total. The number of anilines is 1. The van der Waals surface area contributed by atoms with Gasteiger partial charge in [0.05, 0.1) is 11.6 Å². The van der Waals surface area contributed by atoms with Gasteiger partial charge in [-0.1, -0.05) is 0 Å². The fourth-order valence-electron chi connectivity index (χ4n) is 2.59. The summed E-state index contributed by atoms with van der Waals surface area (Å²) in [5, 5.41) is 9.00. The van der Waals surface area contributed by atoms with E-state index in [-0.39, 0.29) is 5.78 Å². The third-order valence-corrected chi connectivity index (χ3v) is 3.62. The number of hydrogen-bond acceptors (Lipinski definition) is 3. The molecule has 1 aliphatic rings. The molecule has 0 N–H and O–H groups in total. The first-order chi connectivity index (χ1) is 8.63. The molecule has 1 heterocycles. The molecule has 2 rings (SSSR count). The Kier molecular flexibility index (Phi) is 3.66. The smallest absolute Gasteiger partial charge is 0.161 e. The van der Waals surface area contributed by atoms with E-state index in [0.29, 0.717) is 11.6 Å². The van der Waals surface area contributed by atoms with Crippen LogP contribution in [0, 0.1) is 11.3 Å². The van der Waals surface area contributed by atoms with Crippen molar-refractivity contribution >= 4 is 11.5 Å². The Morgan fingerprint density at radius 1 is 1.44 bits per heavy atom. The average molecular weight is 242 g/mol. The van der Waals surface area contributed by atoms with Crippen molar-refractivity contribution in [2.45, 2.75) is 39.2 Å². The van der Waals surface area contributed by atoms with E-state index in [1.54, 1.807) is 19.1 Å². The van der Waals surface area contributed by atoms with Crippen molar-refractivity contribution in [3.63, 3.8) is 0 Å². The van der Waals surface area contributed by atoms with E-state index in [2.05, 4.69) is 17.9 Å². The number of ketones is 1. The first-order valence-electron chi connectivity index (χ1n) is 6.45. The van der Waals surface area contributed by atoms with Crippen LogP contribution in [0.4, 0.5) is 5.69 Å². The lowest BCUT2D eigenvalue weighted by Gasteiger charge is -2.36. The minimum absolute atomic E-state index is 0.0623. The summed E-state index contributed by atoms with van der Waals surface area (Å²) in [5.41, 5.74) is 2.27. The average Bonchev–Trinajstić information content (AvgIpc) is 2.38. The molecule has 0 radical (unpaired) electrons. The van der Waals surface area contributed by atoms with Gasteiger partial charge in [0.2, 0.25) is 0 Å². The van der Waals surface area contributed by atoms with E-state index in [0.717, 1.165) is 30.6 Å². The van der Waals surface area contributed by atoms with Gasteiger partial charge in [-0.05, 0) is 51.3 Å². The van der Waals surface area contributed by atoms with Crippen LogP contribution in [0.25, 0.3) is 0 Å². The number of nitrogens with zero attached hydrogens (tertiary/aromatic N) is 2. The third-order valence-electron chi connectivity index (χ3n) is 3.62. The zero-order valence-electron chi connectivity index (χ0n) is 10.9. The van der Waals surface area contributed by atoms with Gasteiger partial charge in [-0.3, -0.25) is 4.79 Å². The zero-order chi connectivity index (χ0) is 13.1. The Balaban J connectivity index is 2.46. The van der Waals surface area contributed by atoms with Crippen molar-refractivity contribution in [2.24, 2.45) is 0 Å². The van der Waals surface area contributed by atoms with Crippen LogP contribution >= 0.6 is 0 Å². The molecule has 1 fully saturated rings. The zero-order valence-corrected chi connectivity index (χ0v) is 10.9. The number of benzene rings is 1. The minimum atomic E-state index is 0.0623. The molecule has 1 saturated heterocycles. The van der Waals surface area contributed by atoms with Gasteiger partial charge in [0.1, 0.15) is 0 Å². The molecule has 0 aliphatic carbocycles. The molecule has 18 heavy (non-hydrogen) atoms. The first kappa shape index (κ1) is 12.6. The molecule has 94 valence electrons. The maximum atomic E-state index is 11.7. The summed E-state index contributed by atoms with van der Waals surface area (Å²) in [7, 11) is 0. The van der Waals surface area contributed by atoms with Crippen molar-refractivity contribution < 1.29 is 4.79 Å². The largest absolute Gasteiger partial charge is 0.368 e. The van der Waals surface area contributed by atoms with E-state index < -0.39 is 0 Å². The molecule has 1 aromatic rings. The van der Waals surface area contributed by atoms with Gasteiger partial charge in [0.15, 0.2) is 5.78 Å². The number of carbonyl (C=O) groups is 1. The number of carbonyl (C=O) groups excluding carboxylic acids is 1. The Labute approximate surface area is 108 Å². The molecule has 1 aliphatic heterocycles. The Hall–Kier alpha value is -1.82. The Morgan fingerprint density at radius 3 is 2.83 bits per heavy atom. The number of piperidine rings is 1. The highest BCUT2D eigenvalue weighted by molar-refractivity contribution is 6.00. The molecule has 1 aromatic carbocycles. The van der Waals surface area contributed by atoms with Crippen LogP contribution in [0.3, 0.4) is 0 Å². The molecule has 1 unspecified atom stereocenters. The maximum Gasteiger partial charge on any atom is 0.161 e. The van der Waals surface area contributed by atoms with E-state index in [4.69, 9.17) is 5.26 Å². The molecule has 0 saturated carbocycles. The molecule has 0 spiro atoms. The van der Waals surface area contributed by atoms with Crippen molar-refractivity contribution in [3.05, 3.63) is 29.3 Å². The van der Waals surface area contributed by atoms with Crippen LogP contribution in [0.2, 0.25) is 0 Å². The second-order valence-corrected chi connectivity index (χ2v) is 4.94.